The number of nitrogens with one attached hydrogen (secondary N) is 1. The maximum Gasteiger partial charge on any atom is 0.127 e. The maximum absolute atomic E-state index is 11.1. The molecule has 0 spiro atoms. The molecule has 0 saturated carbocycles. The third-order valence-electron chi connectivity index (χ3n) is 3.03. The highest BCUT2D eigenvalue weighted by molar-refractivity contribution is 5.63. The Morgan fingerprint density at radius 3 is 2.67 bits per heavy atom. The lowest BCUT2D eigenvalue weighted by Gasteiger charge is -2.17. The van der Waals surface area contributed by atoms with Gasteiger partial charge in [0.2, 0.25) is 0 Å². The van der Waals surface area contributed by atoms with Crippen LogP contribution in [-0.2, 0) is 4.79 Å². The summed E-state index contributed by atoms with van der Waals surface area (Å²) in [6.07, 6.45) is 2.06. The van der Waals surface area contributed by atoms with Gasteiger partial charge in [-0.15, -0.1) is 0 Å². The molecule has 1 heterocycles. The van der Waals surface area contributed by atoms with Crippen molar-refractivity contribution in [3.05, 3.63) is 29.8 Å². The number of carbonyl (C=O) groups is 1. The molecule has 1 aromatic carbocycles. The zero-order valence-corrected chi connectivity index (χ0v) is 8.52. The van der Waals surface area contributed by atoms with Gasteiger partial charge in [-0.25, -0.2) is 0 Å². The van der Waals surface area contributed by atoms with E-state index in [0.717, 1.165) is 31.4 Å². The van der Waals surface area contributed by atoms with E-state index in [2.05, 4.69) is 5.32 Å². The average Bonchev–Trinajstić information content (AvgIpc) is 2.75. The molecule has 1 aromatic rings. The molecule has 2 rings (SSSR count). The van der Waals surface area contributed by atoms with E-state index in [9.17, 15) is 9.90 Å². The number of hydrogen-bond acceptors (Lipinski definition) is 3. The Kier molecular flexibility index (Phi) is 3.02. The fourth-order valence-corrected chi connectivity index (χ4v) is 2.14. The first kappa shape index (κ1) is 10.2. The van der Waals surface area contributed by atoms with Crippen molar-refractivity contribution < 1.29 is 9.90 Å². The molecule has 2 N–H and O–H groups in total. The highest BCUT2D eigenvalue weighted by Gasteiger charge is 2.25. The minimum atomic E-state index is -0.0411. The van der Waals surface area contributed by atoms with Crippen molar-refractivity contribution in [3.63, 3.8) is 0 Å². The monoisotopic (exact) mass is 205 g/mol. The Morgan fingerprint density at radius 1 is 1.40 bits per heavy atom. The molecule has 1 fully saturated rings. The van der Waals surface area contributed by atoms with E-state index in [1.165, 1.54) is 0 Å². The predicted molar refractivity (Wildman–Crippen MR) is 57.9 cm³/mol. The van der Waals surface area contributed by atoms with Crippen LogP contribution < -0.4 is 5.32 Å². The van der Waals surface area contributed by atoms with Crippen LogP contribution in [0.3, 0.4) is 0 Å². The molecule has 15 heavy (non-hydrogen) atoms. The summed E-state index contributed by atoms with van der Waals surface area (Å²) in [4.78, 5) is 11.1. The van der Waals surface area contributed by atoms with Gasteiger partial charge in [-0.2, -0.15) is 0 Å². The molecule has 1 aliphatic rings. The van der Waals surface area contributed by atoms with Crippen molar-refractivity contribution in [1.82, 2.24) is 5.32 Å². The summed E-state index contributed by atoms with van der Waals surface area (Å²) >= 11 is 0. The van der Waals surface area contributed by atoms with Gasteiger partial charge < -0.3 is 15.2 Å². The molecule has 3 heteroatoms. The van der Waals surface area contributed by atoms with Crippen molar-refractivity contribution >= 4 is 6.29 Å². The van der Waals surface area contributed by atoms with E-state index in [0.29, 0.717) is 5.92 Å². The average molecular weight is 205 g/mol. The molecule has 2 atom stereocenters. The first-order chi connectivity index (χ1) is 7.31. The number of rotatable bonds is 3. The number of aldehydes is 1. The maximum atomic E-state index is 11.1. The van der Waals surface area contributed by atoms with Gasteiger partial charge >= 0.3 is 0 Å². The van der Waals surface area contributed by atoms with Crippen LogP contribution in [0, 0.1) is 5.92 Å². The van der Waals surface area contributed by atoms with E-state index in [4.69, 9.17) is 0 Å². The van der Waals surface area contributed by atoms with E-state index >= 15 is 0 Å². The van der Waals surface area contributed by atoms with Crippen LogP contribution in [-0.4, -0.2) is 24.5 Å². The van der Waals surface area contributed by atoms with Gasteiger partial charge in [-0.05, 0) is 43.1 Å². The number of phenolic OH excluding ortho intramolecular Hbond substituents is 1. The van der Waals surface area contributed by atoms with Crippen LogP contribution >= 0.6 is 0 Å². The molecule has 0 aliphatic carbocycles. The molecule has 2 unspecified atom stereocenters. The Balaban J connectivity index is 2.18. The number of hydrogen-bond donors (Lipinski definition) is 2. The van der Waals surface area contributed by atoms with E-state index in [-0.39, 0.29) is 11.7 Å². The first-order valence-corrected chi connectivity index (χ1v) is 5.26. The largest absolute Gasteiger partial charge is 0.508 e. The Bertz CT molecular complexity index is 328. The fourth-order valence-electron chi connectivity index (χ4n) is 2.14. The lowest BCUT2D eigenvalue weighted by molar-refractivity contribution is -0.110. The number of benzene rings is 1. The summed E-state index contributed by atoms with van der Waals surface area (Å²) in [5.74, 6) is 0.598. The van der Waals surface area contributed by atoms with Crippen LogP contribution in [0.15, 0.2) is 24.3 Å². The van der Waals surface area contributed by atoms with Crippen LogP contribution in [0.1, 0.15) is 17.9 Å². The standard InChI is InChI=1S/C12H15NO2/c14-8-12(10-5-6-13-7-10)9-1-3-11(15)4-2-9/h1-4,8,10,12-13,15H,5-7H2. The molecule has 3 nitrogen and oxygen atoms in total. The Hall–Kier alpha value is -1.35. The minimum Gasteiger partial charge on any atom is -0.508 e. The van der Waals surface area contributed by atoms with Gasteiger partial charge in [0.25, 0.3) is 0 Å². The second kappa shape index (κ2) is 4.45. The predicted octanol–water partition coefficient (Wildman–Crippen LogP) is 1.28. The summed E-state index contributed by atoms with van der Waals surface area (Å²) in [6.45, 7) is 1.90. The zero-order valence-electron chi connectivity index (χ0n) is 8.52. The Labute approximate surface area is 89.1 Å². The summed E-state index contributed by atoms with van der Waals surface area (Å²) in [7, 11) is 0. The second-order valence-corrected chi connectivity index (χ2v) is 4.01. The molecule has 0 amide bonds. The number of phenols is 1. The molecule has 0 aromatic heterocycles. The third kappa shape index (κ3) is 2.18. The number of aromatic hydroxyl groups is 1. The second-order valence-electron chi connectivity index (χ2n) is 4.01. The lowest BCUT2D eigenvalue weighted by atomic mass is 9.86. The van der Waals surface area contributed by atoms with Crippen molar-refractivity contribution in [2.45, 2.75) is 12.3 Å². The third-order valence-corrected chi connectivity index (χ3v) is 3.03. The number of carbonyl (C=O) groups excluding carboxylic acids is 1. The molecule has 80 valence electrons. The van der Waals surface area contributed by atoms with Crippen molar-refractivity contribution in [3.8, 4) is 5.75 Å². The molecule has 0 radical (unpaired) electrons. The van der Waals surface area contributed by atoms with Crippen LogP contribution in [0.4, 0.5) is 0 Å². The highest BCUT2D eigenvalue weighted by Crippen LogP contribution is 2.28. The van der Waals surface area contributed by atoms with Crippen molar-refractivity contribution in [2.75, 3.05) is 13.1 Å². The zero-order chi connectivity index (χ0) is 10.7. The summed E-state index contributed by atoms with van der Waals surface area (Å²) in [6, 6.07) is 6.92. The normalized spacial score (nSPS) is 22.5. The van der Waals surface area contributed by atoms with Crippen LogP contribution in [0.25, 0.3) is 0 Å². The summed E-state index contributed by atoms with van der Waals surface area (Å²) < 4.78 is 0. The summed E-state index contributed by atoms with van der Waals surface area (Å²) in [5.41, 5.74) is 0.997. The molecular formula is C12H15NO2. The van der Waals surface area contributed by atoms with Crippen LogP contribution in [0.2, 0.25) is 0 Å². The first-order valence-electron chi connectivity index (χ1n) is 5.26. The molecular weight excluding hydrogens is 190 g/mol. The van der Waals surface area contributed by atoms with E-state index in [1.54, 1.807) is 12.1 Å². The van der Waals surface area contributed by atoms with E-state index in [1.807, 2.05) is 12.1 Å². The topological polar surface area (TPSA) is 49.3 Å². The Morgan fingerprint density at radius 2 is 2.13 bits per heavy atom. The van der Waals surface area contributed by atoms with Gasteiger partial charge in [-0.3, -0.25) is 0 Å². The summed E-state index contributed by atoms with van der Waals surface area (Å²) in [5, 5.41) is 12.4. The molecule has 1 saturated heterocycles. The molecule has 0 bridgehead atoms. The highest BCUT2D eigenvalue weighted by atomic mass is 16.3. The van der Waals surface area contributed by atoms with Gasteiger partial charge in [0.05, 0.1) is 0 Å². The molecule has 1 aliphatic heterocycles. The minimum absolute atomic E-state index is 0.0411. The quantitative estimate of drug-likeness (QED) is 0.731. The van der Waals surface area contributed by atoms with Gasteiger partial charge in [-0.1, -0.05) is 12.1 Å². The smallest absolute Gasteiger partial charge is 0.127 e. The fraction of sp³-hybridized carbons (Fsp3) is 0.417. The van der Waals surface area contributed by atoms with Crippen LogP contribution in [0.5, 0.6) is 5.75 Å². The van der Waals surface area contributed by atoms with Crippen molar-refractivity contribution in [2.24, 2.45) is 5.92 Å². The van der Waals surface area contributed by atoms with Gasteiger partial charge in [0, 0.05) is 5.92 Å². The van der Waals surface area contributed by atoms with Crippen molar-refractivity contribution in [1.29, 1.82) is 0 Å². The van der Waals surface area contributed by atoms with E-state index < -0.39 is 0 Å². The SMILES string of the molecule is O=CC(c1ccc(O)cc1)C1CCNC1. The lowest BCUT2D eigenvalue weighted by Crippen LogP contribution is -2.17. The van der Waals surface area contributed by atoms with Gasteiger partial charge in [0.15, 0.2) is 0 Å². The van der Waals surface area contributed by atoms with Gasteiger partial charge in [0.1, 0.15) is 12.0 Å².